The van der Waals surface area contributed by atoms with Gasteiger partial charge < -0.3 is 15.5 Å². The first-order valence-corrected chi connectivity index (χ1v) is 15.7. The average molecular weight is 602 g/mol. The summed E-state index contributed by atoms with van der Waals surface area (Å²) >= 11 is 1.69. The Bertz CT molecular complexity index is 1590. The molecule has 1 aliphatic heterocycles. The lowest BCUT2D eigenvalue weighted by atomic mass is 9.92. The minimum absolute atomic E-state index is 0.140. The molecule has 1 aliphatic rings. The van der Waals surface area contributed by atoms with Gasteiger partial charge in [0.05, 0.1) is 16.8 Å². The van der Waals surface area contributed by atoms with E-state index in [2.05, 4.69) is 31.7 Å². The third kappa shape index (κ3) is 7.27. The first kappa shape index (κ1) is 30.3. The summed E-state index contributed by atoms with van der Waals surface area (Å²) in [6.07, 6.45) is 10.5. The van der Waals surface area contributed by atoms with Crippen LogP contribution in [0.2, 0.25) is 0 Å². The van der Waals surface area contributed by atoms with Crippen molar-refractivity contribution in [1.29, 1.82) is 0 Å². The maximum absolute atomic E-state index is 14.8. The molecule has 9 nitrogen and oxygen atoms in total. The molecular formula is C32H36FN7O2S. The standard InChI is InChI=1S/C32H36FN7O2S/c1-20(41)40-12-9-21(10-13-40)14-24-6-4-23(17-36-24)28-16-29(39-19-38-28)37-18-25(43-3)15-22-5-7-27(33)30-26(32(42)34-2)8-11-35-31(22)30/h4-8,11,16-17,19,21,25H,9-10,12-15,18H2,1-3H3,(H,34,42)(H,37,38,39). The highest BCUT2D eigenvalue weighted by Gasteiger charge is 2.21. The molecule has 4 aromatic rings. The topological polar surface area (TPSA) is 113 Å². The number of aromatic nitrogens is 4. The Labute approximate surface area is 255 Å². The fourth-order valence-electron chi connectivity index (χ4n) is 5.53. The quantitative estimate of drug-likeness (QED) is 0.267. The first-order valence-electron chi connectivity index (χ1n) is 14.4. The van der Waals surface area contributed by atoms with E-state index < -0.39 is 5.82 Å². The van der Waals surface area contributed by atoms with E-state index in [-0.39, 0.29) is 28.0 Å². The van der Waals surface area contributed by atoms with Crippen LogP contribution in [0.15, 0.2) is 55.1 Å². The molecule has 1 aromatic carbocycles. The predicted molar refractivity (Wildman–Crippen MR) is 169 cm³/mol. The highest BCUT2D eigenvalue weighted by molar-refractivity contribution is 7.99. The van der Waals surface area contributed by atoms with Crippen LogP contribution >= 0.6 is 11.8 Å². The van der Waals surface area contributed by atoms with Gasteiger partial charge in [-0.25, -0.2) is 14.4 Å². The van der Waals surface area contributed by atoms with E-state index in [1.165, 1.54) is 19.2 Å². The fraction of sp³-hybridized carbons (Fsp3) is 0.375. The molecule has 3 aromatic heterocycles. The van der Waals surface area contributed by atoms with E-state index in [1.807, 2.05) is 29.5 Å². The largest absolute Gasteiger partial charge is 0.369 e. The lowest BCUT2D eigenvalue weighted by Crippen LogP contribution is -2.37. The Balaban J connectivity index is 1.22. The first-order chi connectivity index (χ1) is 20.9. The fourth-order valence-corrected chi connectivity index (χ4v) is 6.13. The highest BCUT2D eigenvalue weighted by Crippen LogP contribution is 2.27. The van der Waals surface area contributed by atoms with Gasteiger partial charge in [-0.05, 0) is 67.7 Å². The second-order valence-corrected chi connectivity index (χ2v) is 11.9. The Morgan fingerprint density at radius 3 is 2.60 bits per heavy atom. The van der Waals surface area contributed by atoms with Gasteiger partial charge in [-0.2, -0.15) is 11.8 Å². The number of carbonyl (C=O) groups is 2. The maximum Gasteiger partial charge on any atom is 0.251 e. The third-order valence-electron chi connectivity index (χ3n) is 8.03. The minimum Gasteiger partial charge on any atom is -0.369 e. The molecule has 0 spiro atoms. The van der Waals surface area contributed by atoms with Crippen molar-refractivity contribution in [3.05, 3.63) is 77.8 Å². The number of thioether (sulfide) groups is 1. The number of anilines is 1. The number of likely N-dealkylation sites (tertiary alicyclic amines) is 1. The van der Waals surface area contributed by atoms with Crippen molar-refractivity contribution in [1.82, 2.24) is 30.2 Å². The summed E-state index contributed by atoms with van der Waals surface area (Å²) in [7, 11) is 1.53. The van der Waals surface area contributed by atoms with Crippen LogP contribution in [0.25, 0.3) is 22.2 Å². The van der Waals surface area contributed by atoms with Crippen molar-refractivity contribution in [3.63, 3.8) is 0 Å². The number of hydrogen-bond donors (Lipinski definition) is 2. The van der Waals surface area contributed by atoms with Crippen LogP contribution in [-0.4, -0.2) is 74.8 Å². The van der Waals surface area contributed by atoms with Crippen LogP contribution in [0.1, 0.15) is 41.4 Å². The molecule has 224 valence electrons. The molecule has 1 fully saturated rings. The van der Waals surface area contributed by atoms with Gasteiger partial charge >= 0.3 is 0 Å². The smallest absolute Gasteiger partial charge is 0.251 e. The number of nitrogens with one attached hydrogen (secondary N) is 2. The van der Waals surface area contributed by atoms with Gasteiger partial charge in [0, 0.05) is 74.0 Å². The van der Waals surface area contributed by atoms with Crippen LogP contribution in [0.3, 0.4) is 0 Å². The number of piperidine rings is 1. The summed E-state index contributed by atoms with van der Waals surface area (Å²) in [6, 6.07) is 10.7. The zero-order chi connectivity index (χ0) is 30.3. The van der Waals surface area contributed by atoms with E-state index in [9.17, 15) is 14.0 Å². The van der Waals surface area contributed by atoms with E-state index in [0.29, 0.717) is 30.2 Å². The Morgan fingerprint density at radius 1 is 1.09 bits per heavy atom. The molecule has 0 aliphatic carbocycles. The molecule has 0 bridgehead atoms. The highest BCUT2D eigenvalue weighted by atomic mass is 32.2. The Hall–Kier alpha value is -4.12. The summed E-state index contributed by atoms with van der Waals surface area (Å²) in [6.45, 7) is 3.89. The average Bonchev–Trinajstić information content (AvgIpc) is 3.04. The number of amides is 2. The lowest BCUT2D eigenvalue weighted by molar-refractivity contribution is -0.130. The zero-order valence-corrected chi connectivity index (χ0v) is 25.5. The van der Waals surface area contributed by atoms with Crippen molar-refractivity contribution in [2.45, 2.75) is 37.9 Å². The number of benzene rings is 1. The predicted octanol–water partition coefficient (Wildman–Crippen LogP) is 4.77. The number of rotatable bonds is 10. The van der Waals surface area contributed by atoms with Gasteiger partial charge in [0.15, 0.2) is 0 Å². The minimum atomic E-state index is -0.463. The summed E-state index contributed by atoms with van der Waals surface area (Å²) in [4.78, 5) is 43.8. The van der Waals surface area contributed by atoms with Crippen LogP contribution in [-0.2, 0) is 17.6 Å². The molecule has 1 atom stereocenters. The molecule has 43 heavy (non-hydrogen) atoms. The van der Waals surface area contributed by atoms with Gasteiger partial charge in [-0.1, -0.05) is 6.07 Å². The maximum atomic E-state index is 14.8. The summed E-state index contributed by atoms with van der Waals surface area (Å²) in [5.41, 5.74) is 4.40. The zero-order valence-electron chi connectivity index (χ0n) is 24.6. The van der Waals surface area contributed by atoms with Crippen molar-refractivity contribution in [2.75, 3.05) is 38.3 Å². The summed E-state index contributed by atoms with van der Waals surface area (Å²) < 4.78 is 14.8. The van der Waals surface area contributed by atoms with Crippen LogP contribution in [0.5, 0.6) is 0 Å². The molecule has 4 heterocycles. The third-order valence-corrected chi connectivity index (χ3v) is 9.03. The van der Waals surface area contributed by atoms with Crippen molar-refractivity contribution in [2.24, 2.45) is 5.92 Å². The summed E-state index contributed by atoms with van der Waals surface area (Å²) in [5.74, 6) is 0.585. The van der Waals surface area contributed by atoms with Gasteiger partial charge in [0.25, 0.3) is 5.91 Å². The molecular weight excluding hydrogens is 565 g/mol. The summed E-state index contributed by atoms with van der Waals surface area (Å²) in [5, 5.41) is 6.38. The van der Waals surface area contributed by atoms with E-state index in [4.69, 9.17) is 4.98 Å². The number of fused-ring (bicyclic) bond motifs is 1. The number of nitrogens with zero attached hydrogens (tertiary/aromatic N) is 5. The van der Waals surface area contributed by atoms with Gasteiger partial charge in [-0.15, -0.1) is 0 Å². The number of hydrogen-bond acceptors (Lipinski definition) is 8. The lowest BCUT2D eigenvalue weighted by Gasteiger charge is -2.31. The number of halogens is 1. The van der Waals surface area contributed by atoms with E-state index in [0.717, 1.165) is 54.9 Å². The van der Waals surface area contributed by atoms with Gasteiger partial charge in [0.1, 0.15) is 18.0 Å². The van der Waals surface area contributed by atoms with Crippen LogP contribution < -0.4 is 10.6 Å². The Kier molecular flexibility index (Phi) is 9.81. The molecule has 5 rings (SSSR count). The van der Waals surface area contributed by atoms with Gasteiger partial charge in [0.2, 0.25) is 5.91 Å². The molecule has 2 N–H and O–H groups in total. The monoisotopic (exact) mass is 601 g/mol. The number of pyridine rings is 2. The SMILES string of the molecule is CNC(=O)c1ccnc2c(CC(CNc3cc(-c4ccc(CC5CCN(C(C)=O)CC5)nc4)ncn3)SC)ccc(F)c12. The van der Waals surface area contributed by atoms with Crippen molar-refractivity contribution >= 4 is 40.3 Å². The second kappa shape index (κ2) is 13.9. The van der Waals surface area contributed by atoms with Gasteiger partial charge in [-0.3, -0.25) is 19.6 Å². The molecule has 11 heteroatoms. The molecule has 0 radical (unpaired) electrons. The molecule has 2 amide bonds. The molecule has 0 saturated carbocycles. The Morgan fingerprint density at radius 2 is 1.91 bits per heavy atom. The van der Waals surface area contributed by atoms with Crippen LogP contribution in [0.4, 0.5) is 10.2 Å². The normalized spacial score (nSPS) is 14.5. The molecule has 1 unspecified atom stereocenters. The van der Waals surface area contributed by atoms with Crippen molar-refractivity contribution in [3.8, 4) is 11.3 Å². The van der Waals surface area contributed by atoms with E-state index in [1.54, 1.807) is 37.3 Å². The van der Waals surface area contributed by atoms with Crippen LogP contribution in [0, 0.1) is 11.7 Å². The second-order valence-electron chi connectivity index (χ2n) is 10.8. The molecule has 1 saturated heterocycles. The van der Waals surface area contributed by atoms with E-state index >= 15 is 0 Å². The van der Waals surface area contributed by atoms with Crippen molar-refractivity contribution < 1.29 is 14.0 Å². The number of carbonyl (C=O) groups excluding carboxylic acids is 2.